The maximum absolute atomic E-state index is 12.3. The van der Waals surface area contributed by atoms with Crippen LogP contribution in [0.3, 0.4) is 0 Å². The Morgan fingerprint density at radius 3 is 2.45 bits per heavy atom. The molecule has 0 aromatic carbocycles. The molecule has 0 spiro atoms. The van der Waals surface area contributed by atoms with Gasteiger partial charge in [-0.05, 0) is 27.2 Å². The maximum Gasteiger partial charge on any atom is 0.0935 e. The summed E-state index contributed by atoms with van der Waals surface area (Å²) >= 11 is 0. The van der Waals surface area contributed by atoms with Crippen LogP contribution in [0.15, 0.2) is 0 Å². The zero-order chi connectivity index (χ0) is 8.43. The molecule has 1 aliphatic heterocycles. The molecular formula is C9H18FN. The van der Waals surface area contributed by atoms with Gasteiger partial charge in [0.15, 0.2) is 0 Å². The first-order chi connectivity index (χ1) is 5.15. The predicted octanol–water partition coefficient (Wildman–Crippen LogP) is 2.07. The quantitative estimate of drug-likeness (QED) is 0.596. The van der Waals surface area contributed by atoms with E-state index in [2.05, 4.69) is 25.7 Å². The molecule has 2 unspecified atom stereocenters. The van der Waals surface area contributed by atoms with Crippen LogP contribution in [0.5, 0.6) is 0 Å². The molecule has 1 rings (SSSR count). The highest BCUT2D eigenvalue weighted by Gasteiger charge is 2.29. The number of nitrogens with zero attached hydrogens (tertiary/aromatic N) is 1. The molecule has 0 aliphatic carbocycles. The second-order valence-corrected chi connectivity index (χ2v) is 3.90. The van der Waals surface area contributed by atoms with Crippen LogP contribution < -0.4 is 0 Å². The number of hydrogen-bond donors (Lipinski definition) is 0. The van der Waals surface area contributed by atoms with Crippen LogP contribution in [0.2, 0.25) is 0 Å². The molecule has 66 valence electrons. The van der Waals surface area contributed by atoms with Gasteiger partial charge in [-0.25, -0.2) is 0 Å². The molecule has 11 heavy (non-hydrogen) atoms. The van der Waals surface area contributed by atoms with Crippen LogP contribution in [-0.4, -0.2) is 30.2 Å². The molecule has 2 heteroatoms. The normalized spacial score (nSPS) is 33.5. The third kappa shape index (κ3) is 1.92. The summed E-state index contributed by atoms with van der Waals surface area (Å²) in [6.45, 7) is 7.35. The number of rotatable bonds is 2. The third-order valence-corrected chi connectivity index (χ3v) is 2.59. The zero-order valence-electron chi connectivity index (χ0n) is 7.68. The fraction of sp³-hybridized carbons (Fsp3) is 1.00. The van der Waals surface area contributed by atoms with E-state index in [1.54, 1.807) is 0 Å². The minimum absolute atomic E-state index is 0.145. The first kappa shape index (κ1) is 8.98. The van der Waals surface area contributed by atoms with Crippen molar-refractivity contribution in [2.75, 3.05) is 13.2 Å². The van der Waals surface area contributed by atoms with Gasteiger partial charge < -0.3 is 0 Å². The molecule has 0 N–H and O–H groups in total. The van der Waals surface area contributed by atoms with Gasteiger partial charge in [-0.2, -0.15) is 0 Å². The van der Waals surface area contributed by atoms with Crippen molar-refractivity contribution in [3.63, 3.8) is 0 Å². The van der Waals surface area contributed by atoms with Crippen LogP contribution in [0, 0.1) is 5.92 Å². The minimum atomic E-state index is -0.145. The molecule has 1 aliphatic rings. The molecule has 0 saturated carbocycles. The number of alkyl halides is 1. The van der Waals surface area contributed by atoms with Crippen molar-refractivity contribution in [3.05, 3.63) is 0 Å². The molecule has 0 amide bonds. The second kappa shape index (κ2) is 3.53. The average Bonchev–Trinajstić information content (AvgIpc) is 2.30. The van der Waals surface area contributed by atoms with Gasteiger partial charge >= 0.3 is 0 Å². The van der Waals surface area contributed by atoms with Crippen LogP contribution >= 0.6 is 0 Å². The Hall–Kier alpha value is -0.110. The molecule has 0 bridgehead atoms. The summed E-state index contributed by atoms with van der Waals surface area (Å²) in [7, 11) is 0. The molecule has 0 radical (unpaired) electrons. The van der Waals surface area contributed by atoms with Crippen LogP contribution in [0.4, 0.5) is 4.39 Å². The summed E-state index contributed by atoms with van der Waals surface area (Å²) < 4.78 is 12.3. The van der Waals surface area contributed by atoms with Gasteiger partial charge in [-0.15, -0.1) is 0 Å². The van der Waals surface area contributed by atoms with E-state index >= 15 is 0 Å². The van der Waals surface area contributed by atoms with Gasteiger partial charge in [0.05, 0.1) is 6.67 Å². The highest BCUT2D eigenvalue weighted by Crippen LogP contribution is 2.24. The largest absolute Gasteiger partial charge is 0.298 e. The molecule has 1 saturated heterocycles. The Balaban J connectivity index is 2.45. The Morgan fingerprint density at radius 1 is 1.55 bits per heavy atom. The SMILES string of the molecule is CC(C)N1CC(CF)CC1C. The van der Waals surface area contributed by atoms with E-state index in [0.29, 0.717) is 18.0 Å². The number of halogens is 1. The van der Waals surface area contributed by atoms with Crippen LogP contribution in [0.1, 0.15) is 27.2 Å². The van der Waals surface area contributed by atoms with Gasteiger partial charge in [0.2, 0.25) is 0 Å². The summed E-state index contributed by atoms with van der Waals surface area (Å²) in [6, 6.07) is 1.15. The van der Waals surface area contributed by atoms with Gasteiger partial charge in [0.25, 0.3) is 0 Å². The lowest BCUT2D eigenvalue weighted by molar-refractivity contribution is 0.209. The van der Waals surface area contributed by atoms with E-state index in [4.69, 9.17) is 0 Å². The van der Waals surface area contributed by atoms with Gasteiger partial charge in [-0.1, -0.05) is 0 Å². The Labute approximate surface area is 68.6 Å². The van der Waals surface area contributed by atoms with Gasteiger partial charge in [0.1, 0.15) is 0 Å². The zero-order valence-corrected chi connectivity index (χ0v) is 7.68. The van der Waals surface area contributed by atoms with Crippen molar-refractivity contribution >= 4 is 0 Å². The maximum atomic E-state index is 12.3. The smallest absolute Gasteiger partial charge is 0.0935 e. The summed E-state index contributed by atoms with van der Waals surface area (Å²) in [4.78, 5) is 2.38. The van der Waals surface area contributed by atoms with Crippen molar-refractivity contribution in [1.82, 2.24) is 4.90 Å². The fourth-order valence-corrected chi connectivity index (χ4v) is 2.00. The van der Waals surface area contributed by atoms with E-state index in [1.165, 1.54) is 0 Å². The molecule has 0 aromatic heterocycles. The van der Waals surface area contributed by atoms with Crippen molar-refractivity contribution in [2.24, 2.45) is 5.92 Å². The number of likely N-dealkylation sites (tertiary alicyclic amines) is 1. The molecule has 2 atom stereocenters. The van der Waals surface area contributed by atoms with E-state index in [-0.39, 0.29) is 6.67 Å². The fourth-order valence-electron chi connectivity index (χ4n) is 2.00. The topological polar surface area (TPSA) is 3.24 Å². The first-order valence-electron chi connectivity index (χ1n) is 4.46. The molecule has 1 nitrogen and oxygen atoms in total. The van der Waals surface area contributed by atoms with Crippen LogP contribution in [-0.2, 0) is 0 Å². The van der Waals surface area contributed by atoms with Crippen molar-refractivity contribution in [2.45, 2.75) is 39.3 Å². The molecule has 1 fully saturated rings. The van der Waals surface area contributed by atoms with E-state index < -0.39 is 0 Å². The standard InChI is InChI=1S/C9H18FN/c1-7(2)11-6-9(5-10)4-8(11)3/h7-9H,4-6H2,1-3H3. The highest BCUT2D eigenvalue weighted by atomic mass is 19.1. The number of hydrogen-bond acceptors (Lipinski definition) is 1. The van der Waals surface area contributed by atoms with Crippen molar-refractivity contribution in [1.29, 1.82) is 0 Å². The Kier molecular flexibility index (Phi) is 2.88. The molecule has 0 aromatic rings. The third-order valence-electron chi connectivity index (χ3n) is 2.59. The summed E-state index contributed by atoms with van der Waals surface area (Å²) in [5.41, 5.74) is 0. The van der Waals surface area contributed by atoms with Gasteiger partial charge in [0, 0.05) is 24.5 Å². The van der Waals surface area contributed by atoms with Crippen molar-refractivity contribution < 1.29 is 4.39 Å². The molecule has 1 heterocycles. The Bertz CT molecular complexity index is 125. The summed E-state index contributed by atoms with van der Waals surface area (Å²) in [6.07, 6.45) is 1.04. The monoisotopic (exact) mass is 159 g/mol. The second-order valence-electron chi connectivity index (χ2n) is 3.90. The van der Waals surface area contributed by atoms with Gasteiger partial charge in [-0.3, -0.25) is 9.29 Å². The Morgan fingerprint density at radius 2 is 2.18 bits per heavy atom. The lowest BCUT2D eigenvalue weighted by atomic mass is 10.1. The first-order valence-corrected chi connectivity index (χ1v) is 4.46. The minimum Gasteiger partial charge on any atom is -0.298 e. The average molecular weight is 159 g/mol. The van der Waals surface area contributed by atoms with E-state index in [1.807, 2.05) is 0 Å². The summed E-state index contributed by atoms with van der Waals surface area (Å²) in [5, 5.41) is 0. The predicted molar refractivity (Wildman–Crippen MR) is 45.4 cm³/mol. The summed E-state index contributed by atoms with van der Waals surface area (Å²) in [5.74, 6) is 0.299. The lowest BCUT2D eigenvalue weighted by Crippen LogP contribution is -2.33. The highest BCUT2D eigenvalue weighted by molar-refractivity contribution is 4.83. The van der Waals surface area contributed by atoms with Crippen molar-refractivity contribution in [3.8, 4) is 0 Å². The molecular weight excluding hydrogens is 141 g/mol. The lowest BCUT2D eigenvalue weighted by Gasteiger charge is -2.25. The van der Waals surface area contributed by atoms with E-state index in [0.717, 1.165) is 13.0 Å². The van der Waals surface area contributed by atoms with E-state index in [9.17, 15) is 4.39 Å². The van der Waals surface area contributed by atoms with Crippen LogP contribution in [0.25, 0.3) is 0 Å².